The first-order valence-corrected chi connectivity index (χ1v) is 9.50. The van der Waals surface area contributed by atoms with E-state index in [-0.39, 0.29) is 11.7 Å². The van der Waals surface area contributed by atoms with Gasteiger partial charge in [0.05, 0.1) is 5.56 Å². The van der Waals surface area contributed by atoms with E-state index in [1.165, 1.54) is 0 Å². The zero-order chi connectivity index (χ0) is 21.9. The molecule has 8 nitrogen and oxygen atoms in total. The van der Waals surface area contributed by atoms with E-state index >= 15 is 0 Å². The number of amides is 2. The molecule has 0 bridgehead atoms. The van der Waals surface area contributed by atoms with Gasteiger partial charge in [-0.25, -0.2) is 4.79 Å². The summed E-state index contributed by atoms with van der Waals surface area (Å²) in [5, 5.41) is 2.59. The van der Waals surface area contributed by atoms with Gasteiger partial charge in [0.25, 0.3) is 11.8 Å². The lowest BCUT2D eigenvalue weighted by molar-refractivity contribution is -0.149. The van der Waals surface area contributed by atoms with Crippen LogP contribution in [0.5, 0.6) is 5.75 Å². The molecule has 0 aliphatic heterocycles. The van der Waals surface area contributed by atoms with Crippen molar-refractivity contribution in [2.75, 3.05) is 31.6 Å². The van der Waals surface area contributed by atoms with E-state index in [2.05, 4.69) is 5.32 Å². The summed E-state index contributed by atoms with van der Waals surface area (Å²) in [6, 6.07) is 13.0. The van der Waals surface area contributed by atoms with Crippen LogP contribution in [0.15, 0.2) is 48.5 Å². The number of hydrogen-bond acceptors (Lipinski definition) is 6. The molecule has 0 aliphatic rings. The fourth-order valence-corrected chi connectivity index (χ4v) is 2.65. The molecule has 0 aliphatic carbocycles. The minimum absolute atomic E-state index is 0.129. The van der Waals surface area contributed by atoms with Gasteiger partial charge in [-0.1, -0.05) is 18.2 Å². The molecule has 2 rings (SSSR count). The maximum absolute atomic E-state index is 12.4. The number of aldehydes is 1. The van der Waals surface area contributed by atoms with Crippen LogP contribution in [0.25, 0.3) is 0 Å². The molecule has 2 aromatic carbocycles. The summed E-state index contributed by atoms with van der Waals surface area (Å²) in [5.41, 5.74) is 1.18. The van der Waals surface area contributed by atoms with Gasteiger partial charge < -0.3 is 19.7 Å². The van der Waals surface area contributed by atoms with Crippen LogP contribution < -0.4 is 10.1 Å². The molecule has 0 atom stereocenters. The van der Waals surface area contributed by atoms with Crippen LogP contribution in [-0.4, -0.2) is 55.3 Å². The fraction of sp³-hybridized carbons (Fsp3) is 0.273. The predicted molar refractivity (Wildman–Crippen MR) is 111 cm³/mol. The molecule has 2 amide bonds. The number of carbonyl (C=O) groups is 4. The molecule has 0 fully saturated rings. The molecule has 0 heterocycles. The van der Waals surface area contributed by atoms with Crippen LogP contribution >= 0.6 is 0 Å². The van der Waals surface area contributed by atoms with E-state index in [4.69, 9.17) is 9.47 Å². The Balaban J connectivity index is 1.84. The molecular weight excluding hydrogens is 388 g/mol. The molecule has 0 saturated heterocycles. The van der Waals surface area contributed by atoms with Gasteiger partial charge in [-0.05, 0) is 44.2 Å². The maximum Gasteiger partial charge on any atom is 0.344 e. The van der Waals surface area contributed by atoms with Crippen molar-refractivity contribution in [2.45, 2.75) is 13.8 Å². The number of carbonyl (C=O) groups excluding carboxylic acids is 4. The Morgan fingerprint density at radius 2 is 1.73 bits per heavy atom. The third-order valence-electron chi connectivity index (χ3n) is 4.20. The topological polar surface area (TPSA) is 102 Å². The molecule has 8 heteroatoms. The minimum Gasteiger partial charge on any atom is -0.481 e. The van der Waals surface area contributed by atoms with E-state index in [1.807, 2.05) is 13.8 Å². The quantitative estimate of drug-likeness (QED) is 0.475. The zero-order valence-electron chi connectivity index (χ0n) is 16.9. The first-order chi connectivity index (χ1) is 14.5. The summed E-state index contributed by atoms with van der Waals surface area (Å²) in [4.78, 5) is 48.8. The average Bonchev–Trinajstić information content (AvgIpc) is 2.77. The second-order valence-electron chi connectivity index (χ2n) is 6.21. The molecule has 2 aromatic rings. The largest absolute Gasteiger partial charge is 0.481 e. The van der Waals surface area contributed by atoms with Gasteiger partial charge in [0.2, 0.25) is 0 Å². The van der Waals surface area contributed by atoms with Gasteiger partial charge in [0.15, 0.2) is 19.5 Å². The molecular formula is C22H24N2O6. The molecule has 0 saturated carbocycles. The van der Waals surface area contributed by atoms with Crippen LogP contribution in [0, 0.1) is 0 Å². The second kappa shape index (κ2) is 11.4. The summed E-state index contributed by atoms with van der Waals surface area (Å²) >= 11 is 0. The highest BCUT2D eigenvalue weighted by atomic mass is 16.6. The van der Waals surface area contributed by atoms with Gasteiger partial charge in [0.1, 0.15) is 5.75 Å². The summed E-state index contributed by atoms with van der Waals surface area (Å²) in [6.45, 7) is 4.01. The number of nitrogens with zero attached hydrogens (tertiary/aromatic N) is 1. The Morgan fingerprint density at radius 3 is 2.43 bits per heavy atom. The van der Waals surface area contributed by atoms with E-state index in [0.29, 0.717) is 36.2 Å². The summed E-state index contributed by atoms with van der Waals surface area (Å²) in [6.07, 6.45) is 0.618. The summed E-state index contributed by atoms with van der Waals surface area (Å²) in [7, 11) is 0. The van der Waals surface area contributed by atoms with Crippen molar-refractivity contribution in [2.24, 2.45) is 0 Å². The number of esters is 1. The predicted octanol–water partition coefficient (Wildman–Crippen LogP) is 2.54. The standard InChI is InChI=1S/C22H24N2O6/c1-3-24(4-2)22(28)16-9-7-10-18(12-16)23-20(26)14-30-21(27)15-29-19-11-6-5-8-17(19)13-25/h5-13H,3-4,14-15H2,1-2H3,(H,23,26). The molecule has 0 spiro atoms. The number of benzene rings is 2. The average molecular weight is 412 g/mol. The van der Waals surface area contributed by atoms with Crippen molar-refractivity contribution in [3.8, 4) is 5.75 Å². The van der Waals surface area contributed by atoms with Gasteiger partial charge in [-0.3, -0.25) is 14.4 Å². The van der Waals surface area contributed by atoms with E-state index in [1.54, 1.807) is 53.4 Å². The Hall–Kier alpha value is -3.68. The van der Waals surface area contributed by atoms with Crippen molar-refractivity contribution in [3.05, 3.63) is 59.7 Å². The molecule has 0 unspecified atom stereocenters. The normalized spacial score (nSPS) is 10.1. The van der Waals surface area contributed by atoms with Crippen LogP contribution in [0.2, 0.25) is 0 Å². The van der Waals surface area contributed by atoms with Gasteiger partial charge in [0, 0.05) is 24.3 Å². The molecule has 0 radical (unpaired) electrons. The van der Waals surface area contributed by atoms with E-state index in [9.17, 15) is 19.2 Å². The molecule has 30 heavy (non-hydrogen) atoms. The van der Waals surface area contributed by atoms with Crippen LogP contribution in [0.1, 0.15) is 34.6 Å². The Kier molecular flexibility index (Phi) is 8.56. The molecule has 158 valence electrons. The monoisotopic (exact) mass is 412 g/mol. The van der Waals surface area contributed by atoms with E-state index < -0.39 is 25.1 Å². The number of anilines is 1. The Bertz CT molecular complexity index is 908. The third-order valence-corrected chi connectivity index (χ3v) is 4.20. The van der Waals surface area contributed by atoms with Gasteiger partial charge in [-0.15, -0.1) is 0 Å². The highest BCUT2D eigenvalue weighted by Gasteiger charge is 2.14. The van der Waals surface area contributed by atoms with Crippen molar-refractivity contribution >= 4 is 29.8 Å². The number of hydrogen-bond donors (Lipinski definition) is 1. The number of rotatable bonds is 10. The van der Waals surface area contributed by atoms with Crippen molar-refractivity contribution in [3.63, 3.8) is 0 Å². The highest BCUT2D eigenvalue weighted by molar-refractivity contribution is 5.97. The van der Waals surface area contributed by atoms with Crippen LogP contribution in [0.4, 0.5) is 5.69 Å². The van der Waals surface area contributed by atoms with Crippen molar-refractivity contribution in [1.82, 2.24) is 4.90 Å². The number of para-hydroxylation sites is 1. The zero-order valence-corrected chi connectivity index (χ0v) is 16.9. The van der Waals surface area contributed by atoms with Gasteiger partial charge in [-0.2, -0.15) is 0 Å². The molecule has 1 N–H and O–H groups in total. The van der Waals surface area contributed by atoms with Crippen LogP contribution in [0.3, 0.4) is 0 Å². The lowest BCUT2D eigenvalue weighted by Crippen LogP contribution is -2.30. The third kappa shape index (κ3) is 6.44. The van der Waals surface area contributed by atoms with Crippen molar-refractivity contribution in [1.29, 1.82) is 0 Å². The maximum atomic E-state index is 12.4. The van der Waals surface area contributed by atoms with Crippen molar-refractivity contribution < 1.29 is 28.7 Å². The SMILES string of the molecule is CCN(CC)C(=O)c1cccc(NC(=O)COC(=O)COc2ccccc2C=O)c1. The molecule has 0 aromatic heterocycles. The Morgan fingerprint density at radius 1 is 1.00 bits per heavy atom. The first kappa shape index (κ1) is 22.6. The summed E-state index contributed by atoms with van der Waals surface area (Å²) < 4.78 is 10.1. The van der Waals surface area contributed by atoms with Crippen LogP contribution in [-0.2, 0) is 14.3 Å². The highest BCUT2D eigenvalue weighted by Crippen LogP contribution is 2.15. The first-order valence-electron chi connectivity index (χ1n) is 9.50. The van der Waals surface area contributed by atoms with E-state index in [0.717, 1.165) is 0 Å². The smallest absolute Gasteiger partial charge is 0.344 e. The second-order valence-corrected chi connectivity index (χ2v) is 6.21. The number of nitrogens with one attached hydrogen (secondary N) is 1. The minimum atomic E-state index is -0.753. The summed E-state index contributed by atoms with van der Waals surface area (Å²) in [5.74, 6) is -1.18. The lowest BCUT2D eigenvalue weighted by Gasteiger charge is -2.19. The number of ether oxygens (including phenoxy) is 2. The fourth-order valence-electron chi connectivity index (χ4n) is 2.65. The Labute approximate surface area is 174 Å². The lowest BCUT2D eigenvalue weighted by atomic mass is 10.1. The van der Waals surface area contributed by atoms with Gasteiger partial charge >= 0.3 is 5.97 Å².